The first-order valence-electron chi connectivity index (χ1n) is 10.9. The Hall–Kier alpha value is -3.60. The molecule has 17 heteroatoms. The van der Waals surface area contributed by atoms with Gasteiger partial charge in [0, 0.05) is 25.1 Å². The van der Waals surface area contributed by atoms with Crippen molar-refractivity contribution in [3.63, 3.8) is 0 Å². The van der Waals surface area contributed by atoms with Gasteiger partial charge in [-0.3, -0.25) is 29.0 Å². The van der Waals surface area contributed by atoms with Crippen LogP contribution in [0.5, 0.6) is 0 Å². The van der Waals surface area contributed by atoms with E-state index in [1.807, 2.05) is 0 Å². The molecule has 36 heavy (non-hydrogen) atoms. The number of hydrogen-bond acceptors (Lipinski definition) is 9. The number of hydrogen-bond donors (Lipinski definition) is 10. The molecule has 0 rings (SSSR count). The van der Waals surface area contributed by atoms with E-state index in [1.54, 1.807) is 0 Å². The average Bonchev–Trinajstić information content (AvgIpc) is 2.79. The summed E-state index contributed by atoms with van der Waals surface area (Å²) in [6.45, 7) is 0.150. The number of aliphatic carboxylic acids is 1. The van der Waals surface area contributed by atoms with Crippen molar-refractivity contribution in [3.8, 4) is 0 Å². The quantitative estimate of drug-likeness (QED) is 0.0347. The van der Waals surface area contributed by atoms with Crippen LogP contribution in [-0.2, 0) is 28.8 Å². The molecule has 0 aliphatic carbocycles. The number of nitrogens with one attached hydrogen (secondary N) is 3. The summed E-state index contributed by atoms with van der Waals surface area (Å²) in [5.74, 6) is -5.59. The van der Waals surface area contributed by atoms with Gasteiger partial charge in [0.2, 0.25) is 29.5 Å². The molecule has 4 atom stereocenters. The van der Waals surface area contributed by atoms with Gasteiger partial charge in [0.25, 0.3) is 0 Å². The second kappa shape index (κ2) is 16.9. The standard InChI is InChI=1S/C19H35N9O7S/c20-9(3-5-13(21)29)15(31)26-10(4-6-14(22)30)16(32)28-12(8-36)17(33)27-11(18(34)35)2-1-7-25-19(23)24/h9-12,36H,1-8,20H2,(H2,21,29)(H2,22,30)(H,26,31)(H,27,33)(H,28,32)(H,34,35)(H4,23,24,25). The highest BCUT2D eigenvalue weighted by Gasteiger charge is 2.30. The number of carbonyl (C=O) groups is 6. The van der Waals surface area contributed by atoms with Crippen LogP contribution >= 0.6 is 12.6 Å². The topological polar surface area (TPSA) is 301 Å². The number of aliphatic imine (C=N–C) groups is 1. The molecule has 0 saturated carbocycles. The van der Waals surface area contributed by atoms with Gasteiger partial charge in [-0.2, -0.15) is 12.6 Å². The molecule has 0 aromatic carbocycles. The molecule has 0 bridgehead atoms. The molecule has 4 unspecified atom stereocenters. The molecule has 0 aliphatic heterocycles. The van der Waals surface area contributed by atoms with Crippen LogP contribution in [-0.4, -0.2) is 83.0 Å². The number of primary amides is 2. The third-order valence-electron chi connectivity index (χ3n) is 4.73. The van der Waals surface area contributed by atoms with Crippen LogP contribution in [0.1, 0.15) is 38.5 Å². The maximum atomic E-state index is 12.8. The zero-order chi connectivity index (χ0) is 27.8. The maximum Gasteiger partial charge on any atom is 0.326 e. The van der Waals surface area contributed by atoms with Gasteiger partial charge >= 0.3 is 5.97 Å². The van der Waals surface area contributed by atoms with E-state index < -0.39 is 59.7 Å². The minimum Gasteiger partial charge on any atom is -0.480 e. The lowest BCUT2D eigenvalue weighted by molar-refractivity contribution is -0.142. The SMILES string of the molecule is NC(=O)CCC(N)C(=O)NC(CCC(N)=O)C(=O)NC(CS)C(=O)NC(CCCN=C(N)N)C(=O)O. The van der Waals surface area contributed by atoms with E-state index in [9.17, 15) is 33.9 Å². The van der Waals surface area contributed by atoms with Gasteiger partial charge in [-0.1, -0.05) is 0 Å². The number of amides is 5. The number of carbonyl (C=O) groups excluding carboxylic acids is 5. The van der Waals surface area contributed by atoms with Gasteiger partial charge in [0.15, 0.2) is 5.96 Å². The van der Waals surface area contributed by atoms with Crippen molar-refractivity contribution >= 4 is 54.1 Å². The summed E-state index contributed by atoms with van der Waals surface area (Å²) in [6, 6.07) is -5.05. The molecule has 14 N–H and O–H groups in total. The minimum absolute atomic E-state index is 0.00553. The second-order valence-electron chi connectivity index (χ2n) is 7.77. The van der Waals surface area contributed by atoms with Crippen molar-refractivity contribution in [1.82, 2.24) is 16.0 Å². The number of carboxylic acid groups (broad SMARTS) is 1. The zero-order valence-electron chi connectivity index (χ0n) is 19.6. The third kappa shape index (κ3) is 14.0. The fraction of sp³-hybridized carbons (Fsp3) is 0.632. The molecule has 0 aliphatic rings. The normalized spacial score (nSPS) is 13.8. The molecule has 0 aromatic rings. The Labute approximate surface area is 212 Å². The molecule has 0 heterocycles. The van der Waals surface area contributed by atoms with Gasteiger partial charge in [-0.05, 0) is 25.7 Å². The Bertz CT molecular complexity index is 836. The largest absolute Gasteiger partial charge is 0.480 e. The molecular weight excluding hydrogens is 498 g/mol. The van der Waals surface area contributed by atoms with Crippen LogP contribution in [0.4, 0.5) is 0 Å². The highest BCUT2D eigenvalue weighted by Crippen LogP contribution is 2.04. The van der Waals surface area contributed by atoms with Crippen LogP contribution in [0.3, 0.4) is 0 Å². The Morgan fingerprint density at radius 3 is 1.75 bits per heavy atom. The van der Waals surface area contributed by atoms with E-state index in [0.29, 0.717) is 0 Å². The van der Waals surface area contributed by atoms with E-state index in [-0.39, 0.29) is 56.8 Å². The third-order valence-corrected chi connectivity index (χ3v) is 5.09. The van der Waals surface area contributed by atoms with E-state index in [1.165, 1.54) is 0 Å². The second-order valence-corrected chi connectivity index (χ2v) is 8.13. The molecule has 0 radical (unpaired) electrons. The van der Waals surface area contributed by atoms with Crippen molar-refractivity contribution in [2.45, 2.75) is 62.7 Å². The monoisotopic (exact) mass is 533 g/mol. The van der Waals surface area contributed by atoms with Gasteiger partial charge in [0.05, 0.1) is 6.04 Å². The number of nitrogens with two attached hydrogens (primary N) is 5. The smallest absolute Gasteiger partial charge is 0.326 e. The number of thiol groups is 1. The lowest BCUT2D eigenvalue weighted by atomic mass is 10.1. The van der Waals surface area contributed by atoms with Gasteiger partial charge in [0.1, 0.15) is 18.1 Å². The van der Waals surface area contributed by atoms with Crippen molar-refractivity contribution in [1.29, 1.82) is 0 Å². The Morgan fingerprint density at radius 2 is 1.25 bits per heavy atom. The Kier molecular flexibility index (Phi) is 15.2. The summed E-state index contributed by atoms with van der Waals surface area (Å²) in [5, 5.41) is 16.4. The highest BCUT2D eigenvalue weighted by molar-refractivity contribution is 7.80. The molecule has 204 valence electrons. The average molecular weight is 534 g/mol. The first-order chi connectivity index (χ1) is 16.8. The first kappa shape index (κ1) is 32.4. The van der Waals surface area contributed by atoms with Crippen molar-refractivity contribution in [2.24, 2.45) is 33.7 Å². The van der Waals surface area contributed by atoms with Gasteiger partial charge < -0.3 is 49.7 Å². The first-order valence-corrected chi connectivity index (χ1v) is 11.5. The van der Waals surface area contributed by atoms with Crippen molar-refractivity contribution < 1.29 is 33.9 Å². The number of carboxylic acids is 1. The predicted molar refractivity (Wildman–Crippen MR) is 132 cm³/mol. The van der Waals surface area contributed by atoms with Crippen LogP contribution < -0.4 is 44.6 Å². The van der Waals surface area contributed by atoms with Crippen molar-refractivity contribution in [2.75, 3.05) is 12.3 Å². The highest BCUT2D eigenvalue weighted by atomic mass is 32.1. The summed E-state index contributed by atoms with van der Waals surface area (Å²) >= 11 is 4.02. The molecule has 16 nitrogen and oxygen atoms in total. The lowest BCUT2D eigenvalue weighted by Crippen LogP contribution is -2.57. The van der Waals surface area contributed by atoms with E-state index in [4.69, 9.17) is 28.7 Å². The van der Waals surface area contributed by atoms with E-state index in [0.717, 1.165) is 0 Å². The summed E-state index contributed by atoms with van der Waals surface area (Å²) in [4.78, 5) is 75.0. The Balaban J connectivity index is 5.26. The lowest BCUT2D eigenvalue weighted by Gasteiger charge is -2.24. The summed E-state index contributed by atoms with van der Waals surface area (Å²) in [6.07, 6.45) is -0.462. The van der Waals surface area contributed by atoms with Crippen LogP contribution in [0.2, 0.25) is 0 Å². The summed E-state index contributed by atoms with van der Waals surface area (Å²) in [5.41, 5.74) is 26.3. The van der Waals surface area contributed by atoms with Gasteiger partial charge in [-0.25, -0.2) is 4.79 Å². The minimum atomic E-state index is -1.31. The summed E-state index contributed by atoms with van der Waals surface area (Å²) < 4.78 is 0. The maximum absolute atomic E-state index is 12.8. The number of rotatable bonds is 18. The molecule has 0 aromatic heterocycles. The molecule has 0 spiro atoms. The van der Waals surface area contributed by atoms with Crippen LogP contribution in [0.25, 0.3) is 0 Å². The van der Waals surface area contributed by atoms with E-state index >= 15 is 0 Å². The molecule has 0 saturated heterocycles. The van der Waals surface area contributed by atoms with E-state index in [2.05, 4.69) is 33.6 Å². The fourth-order valence-electron chi connectivity index (χ4n) is 2.76. The van der Waals surface area contributed by atoms with Crippen molar-refractivity contribution in [3.05, 3.63) is 0 Å². The predicted octanol–water partition coefficient (Wildman–Crippen LogP) is -4.63. The molecule has 5 amide bonds. The number of nitrogens with zero attached hydrogens (tertiary/aromatic N) is 1. The van der Waals surface area contributed by atoms with Crippen LogP contribution in [0.15, 0.2) is 4.99 Å². The van der Waals surface area contributed by atoms with Crippen LogP contribution in [0, 0.1) is 0 Å². The Morgan fingerprint density at radius 1 is 0.750 bits per heavy atom. The number of guanidine groups is 1. The molecule has 0 fully saturated rings. The fourth-order valence-corrected chi connectivity index (χ4v) is 3.02. The zero-order valence-corrected chi connectivity index (χ0v) is 20.5. The summed E-state index contributed by atoms with van der Waals surface area (Å²) in [7, 11) is 0. The van der Waals surface area contributed by atoms with Gasteiger partial charge in [-0.15, -0.1) is 0 Å². The molecular formula is C19H35N9O7S.